The van der Waals surface area contributed by atoms with Crippen molar-refractivity contribution >= 4 is 17.5 Å². The van der Waals surface area contributed by atoms with E-state index >= 15 is 0 Å². The first-order chi connectivity index (χ1) is 8.49. The zero-order valence-corrected chi connectivity index (χ0v) is 11.0. The molecule has 0 aromatic heterocycles. The molecule has 1 aliphatic heterocycles. The van der Waals surface area contributed by atoms with Crippen LogP contribution in [-0.4, -0.2) is 29.9 Å². The Morgan fingerprint density at radius 1 is 1.56 bits per heavy atom. The summed E-state index contributed by atoms with van der Waals surface area (Å²) in [5, 5.41) is 0.155. The number of aryl methyl sites for hydroxylation is 1. The minimum atomic E-state index is -0.396. The van der Waals surface area contributed by atoms with Gasteiger partial charge in [-0.15, -0.1) is 0 Å². The molecule has 0 bridgehead atoms. The number of rotatable bonds is 1. The Hall–Kier alpha value is -1.13. The third-order valence-corrected chi connectivity index (χ3v) is 3.54. The average Bonchev–Trinajstić information content (AvgIpc) is 2.33. The molecule has 0 unspecified atom stereocenters. The van der Waals surface area contributed by atoms with Gasteiger partial charge >= 0.3 is 0 Å². The summed E-state index contributed by atoms with van der Waals surface area (Å²) >= 11 is 5.93. The molecule has 0 radical (unpaired) electrons. The summed E-state index contributed by atoms with van der Waals surface area (Å²) in [5.74, 6) is -0.565. The van der Waals surface area contributed by atoms with Crippen LogP contribution in [-0.2, 0) is 0 Å². The lowest BCUT2D eigenvalue weighted by atomic mass is 10.0. The number of carbonyl (C=O) groups excluding carboxylic acids is 1. The predicted molar refractivity (Wildman–Crippen MR) is 69.3 cm³/mol. The minimum Gasteiger partial charge on any atom is -0.337 e. The Labute approximate surface area is 111 Å². The van der Waals surface area contributed by atoms with E-state index in [2.05, 4.69) is 0 Å². The highest BCUT2D eigenvalue weighted by atomic mass is 35.5. The van der Waals surface area contributed by atoms with E-state index in [1.54, 1.807) is 11.8 Å². The number of likely N-dealkylation sites (tertiary alicyclic amines) is 1. The van der Waals surface area contributed by atoms with Crippen LogP contribution < -0.4 is 5.73 Å². The second-order valence-corrected chi connectivity index (χ2v) is 5.14. The van der Waals surface area contributed by atoms with Crippen molar-refractivity contribution in [2.75, 3.05) is 13.1 Å². The van der Waals surface area contributed by atoms with E-state index in [1.807, 2.05) is 0 Å². The summed E-state index contributed by atoms with van der Waals surface area (Å²) in [5.41, 5.74) is 6.62. The Bertz CT molecular complexity index is 478. The minimum absolute atomic E-state index is 0.0167. The lowest BCUT2D eigenvalue weighted by molar-refractivity contribution is 0.0709. The lowest BCUT2D eigenvalue weighted by Gasteiger charge is -2.31. The van der Waals surface area contributed by atoms with Crippen molar-refractivity contribution in [2.45, 2.75) is 25.8 Å². The van der Waals surface area contributed by atoms with Crippen molar-refractivity contribution in [3.05, 3.63) is 34.1 Å². The molecule has 0 saturated carbocycles. The Morgan fingerprint density at radius 3 is 2.94 bits per heavy atom. The molecule has 1 aromatic rings. The van der Waals surface area contributed by atoms with E-state index in [9.17, 15) is 9.18 Å². The van der Waals surface area contributed by atoms with Gasteiger partial charge in [-0.05, 0) is 37.5 Å². The third-order valence-electron chi connectivity index (χ3n) is 3.22. The molecule has 5 heteroatoms. The van der Waals surface area contributed by atoms with Crippen LogP contribution in [0.3, 0.4) is 0 Å². The third kappa shape index (κ3) is 2.65. The summed E-state index contributed by atoms with van der Waals surface area (Å²) in [6, 6.07) is 2.71. The van der Waals surface area contributed by atoms with E-state index in [0.29, 0.717) is 24.2 Å². The molecule has 1 saturated heterocycles. The molecule has 2 N–H and O–H groups in total. The number of benzene rings is 1. The van der Waals surface area contributed by atoms with Gasteiger partial charge in [-0.1, -0.05) is 11.6 Å². The van der Waals surface area contributed by atoms with Gasteiger partial charge in [0.1, 0.15) is 5.82 Å². The molecule has 2 rings (SSSR count). The maximum atomic E-state index is 13.3. The normalized spacial score (nSPS) is 20.0. The maximum Gasteiger partial charge on any atom is 0.255 e. The summed E-state index contributed by atoms with van der Waals surface area (Å²) in [6.45, 7) is 2.83. The molecule has 1 amide bonds. The molecular formula is C13H16ClFN2O. The second-order valence-electron chi connectivity index (χ2n) is 4.73. The van der Waals surface area contributed by atoms with E-state index in [4.69, 9.17) is 17.3 Å². The van der Waals surface area contributed by atoms with Gasteiger partial charge in [-0.3, -0.25) is 4.79 Å². The maximum absolute atomic E-state index is 13.3. The van der Waals surface area contributed by atoms with Crippen molar-refractivity contribution in [3.8, 4) is 0 Å². The fourth-order valence-electron chi connectivity index (χ4n) is 2.19. The molecule has 1 aromatic carbocycles. The van der Waals surface area contributed by atoms with Crippen molar-refractivity contribution in [2.24, 2.45) is 5.73 Å². The van der Waals surface area contributed by atoms with Crippen molar-refractivity contribution in [1.82, 2.24) is 4.90 Å². The van der Waals surface area contributed by atoms with Crippen molar-refractivity contribution in [1.29, 1.82) is 0 Å². The summed E-state index contributed by atoms with van der Waals surface area (Å²) in [7, 11) is 0. The van der Waals surface area contributed by atoms with E-state index in [-0.39, 0.29) is 17.0 Å². The molecule has 1 fully saturated rings. The molecule has 0 spiro atoms. The number of halogens is 2. The number of amides is 1. The SMILES string of the molecule is Cc1cc(C(=O)N2CCC[C@@H](N)C2)c(Cl)cc1F. The highest BCUT2D eigenvalue weighted by Gasteiger charge is 2.24. The number of hydrogen-bond donors (Lipinski definition) is 1. The molecule has 18 heavy (non-hydrogen) atoms. The number of nitrogens with two attached hydrogens (primary N) is 1. The number of carbonyl (C=O) groups is 1. The summed E-state index contributed by atoms with van der Waals surface area (Å²) < 4.78 is 13.3. The molecule has 1 heterocycles. The van der Waals surface area contributed by atoms with Crippen LogP contribution in [0.5, 0.6) is 0 Å². The van der Waals surface area contributed by atoms with Gasteiger partial charge in [0.2, 0.25) is 0 Å². The second kappa shape index (κ2) is 5.24. The van der Waals surface area contributed by atoms with E-state index in [0.717, 1.165) is 12.8 Å². The van der Waals surface area contributed by atoms with Gasteiger partial charge in [-0.2, -0.15) is 0 Å². The van der Waals surface area contributed by atoms with Crippen LogP contribution >= 0.6 is 11.6 Å². The van der Waals surface area contributed by atoms with Crippen LogP contribution in [0.1, 0.15) is 28.8 Å². The van der Waals surface area contributed by atoms with Crippen LogP contribution in [0.4, 0.5) is 4.39 Å². The summed E-state index contributed by atoms with van der Waals surface area (Å²) in [4.78, 5) is 14.0. The lowest BCUT2D eigenvalue weighted by Crippen LogP contribution is -2.45. The van der Waals surface area contributed by atoms with Gasteiger partial charge in [0.05, 0.1) is 10.6 Å². The predicted octanol–water partition coefficient (Wildman–Crippen LogP) is 2.35. The molecule has 3 nitrogen and oxygen atoms in total. The first-order valence-electron chi connectivity index (χ1n) is 5.99. The largest absolute Gasteiger partial charge is 0.337 e. The van der Waals surface area contributed by atoms with Gasteiger partial charge in [0.25, 0.3) is 5.91 Å². The van der Waals surface area contributed by atoms with Crippen LogP contribution in [0.15, 0.2) is 12.1 Å². The highest BCUT2D eigenvalue weighted by molar-refractivity contribution is 6.33. The van der Waals surface area contributed by atoms with Crippen LogP contribution in [0.2, 0.25) is 5.02 Å². The van der Waals surface area contributed by atoms with Crippen LogP contribution in [0.25, 0.3) is 0 Å². The van der Waals surface area contributed by atoms with Gasteiger partial charge in [0, 0.05) is 19.1 Å². The molecule has 1 aliphatic rings. The quantitative estimate of drug-likeness (QED) is 0.851. The Kier molecular flexibility index (Phi) is 3.88. The smallest absolute Gasteiger partial charge is 0.255 e. The molecular weight excluding hydrogens is 255 g/mol. The fraction of sp³-hybridized carbons (Fsp3) is 0.462. The average molecular weight is 271 g/mol. The van der Waals surface area contributed by atoms with Crippen molar-refractivity contribution in [3.63, 3.8) is 0 Å². The van der Waals surface area contributed by atoms with E-state index in [1.165, 1.54) is 12.1 Å². The molecule has 1 atom stereocenters. The van der Waals surface area contributed by atoms with E-state index < -0.39 is 5.82 Å². The van der Waals surface area contributed by atoms with Gasteiger partial charge in [-0.25, -0.2) is 4.39 Å². The highest BCUT2D eigenvalue weighted by Crippen LogP contribution is 2.23. The van der Waals surface area contributed by atoms with Crippen LogP contribution in [0, 0.1) is 12.7 Å². The first kappa shape index (κ1) is 13.3. The number of piperidine rings is 1. The zero-order chi connectivity index (χ0) is 13.3. The Morgan fingerprint density at radius 2 is 2.28 bits per heavy atom. The topological polar surface area (TPSA) is 46.3 Å². The van der Waals surface area contributed by atoms with Gasteiger partial charge in [0.15, 0.2) is 0 Å². The van der Waals surface area contributed by atoms with Gasteiger partial charge < -0.3 is 10.6 Å². The molecule has 98 valence electrons. The fourth-order valence-corrected chi connectivity index (χ4v) is 2.42. The number of hydrogen-bond acceptors (Lipinski definition) is 2. The monoisotopic (exact) mass is 270 g/mol. The molecule has 0 aliphatic carbocycles. The standard InChI is InChI=1S/C13H16ClFN2O/c1-8-5-10(11(14)6-12(8)15)13(18)17-4-2-3-9(16)7-17/h5-6,9H,2-4,7,16H2,1H3/t9-/m1/s1. The zero-order valence-electron chi connectivity index (χ0n) is 10.2. The Balaban J connectivity index is 2.25. The first-order valence-corrected chi connectivity index (χ1v) is 6.37. The van der Waals surface area contributed by atoms with Crippen molar-refractivity contribution < 1.29 is 9.18 Å². The number of nitrogens with zero attached hydrogens (tertiary/aromatic N) is 1. The summed E-state index contributed by atoms with van der Waals surface area (Å²) in [6.07, 6.45) is 1.82.